The van der Waals surface area contributed by atoms with Gasteiger partial charge in [0.05, 0.1) is 6.10 Å². The van der Waals surface area contributed by atoms with Gasteiger partial charge in [0.2, 0.25) is 0 Å². The Balaban J connectivity index is 2.72. The lowest BCUT2D eigenvalue weighted by atomic mass is 9.63. The Morgan fingerprint density at radius 2 is 2.08 bits per heavy atom. The summed E-state index contributed by atoms with van der Waals surface area (Å²) in [6, 6.07) is 0. The maximum absolute atomic E-state index is 9.66. The molecule has 0 heterocycles. The molecule has 3 N–H and O–H groups in total. The molecule has 3 atom stereocenters. The van der Waals surface area contributed by atoms with E-state index in [4.69, 9.17) is 5.73 Å². The van der Waals surface area contributed by atoms with Gasteiger partial charge in [0.15, 0.2) is 0 Å². The topological polar surface area (TPSA) is 46.2 Å². The van der Waals surface area contributed by atoms with Crippen molar-refractivity contribution in [2.75, 3.05) is 6.54 Å². The molecule has 2 heteroatoms. The van der Waals surface area contributed by atoms with E-state index in [1.807, 2.05) is 0 Å². The van der Waals surface area contributed by atoms with Crippen LogP contribution in [0.3, 0.4) is 0 Å². The van der Waals surface area contributed by atoms with Crippen LogP contribution in [0, 0.1) is 17.3 Å². The van der Waals surface area contributed by atoms with Crippen molar-refractivity contribution < 1.29 is 5.11 Å². The fourth-order valence-corrected chi connectivity index (χ4v) is 2.48. The summed E-state index contributed by atoms with van der Waals surface area (Å²) in [6.45, 7) is 7.33. The Morgan fingerprint density at radius 3 is 2.50 bits per heavy atom. The van der Waals surface area contributed by atoms with Crippen molar-refractivity contribution in [3.8, 4) is 0 Å². The van der Waals surface area contributed by atoms with Crippen LogP contribution in [0.2, 0.25) is 0 Å². The van der Waals surface area contributed by atoms with E-state index in [0.717, 1.165) is 12.8 Å². The van der Waals surface area contributed by atoms with Gasteiger partial charge in [-0.1, -0.05) is 20.8 Å². The first-order valence-electron chi connectivity index (χ1n) is 4.87. The summed E-state index contributed by atoms with van der Waals surface area (Å²) in [7, 11) is 0. The number of hydrogen-bond acceptors (Lipinski definition) is 2. The Bertz CT molecular complexity index is 156. The molecule has 1 aliphatic rings. The van der Waals surface area contributed by atoms with Gasteiger partial charge in [-0.25, -0.2) is 0 Å². The highest BCUT2D eigenvalue weighted by Crippen LogP contribution is 2.43. The molecule has 0 spiro atoms. The van der Waals surface area contributed by atoms with Crippen LogP contribution in [0.25, 0.3) is 0 Å². The summed E-state index contributed by atoms with van der Waals surface area (Å²) in [4.78, 5) is 0. The number of aliphatic hydroxyl groups is 1. The summed E-state index contributed by atoms with van der Waals surface area (Å²) in [6.07, 6.45) is 1.90. The van der Waals surface area contributed by atoms with E-state index in [-0.39, 0.29) is 6.10 Å². The standard InChI is InChI=1S/C10H21NO/c1-7-8(6-11)10(2,3)5-4-9(7)12/h7-9,12H,4-6,11H2,1-3H3. The highest BCUT2D eigenvalue weighted by atomic mass is 16.3. The molecule has 0 aromatic heterocycles. The molecule has 0 amide bonds. The molecule has 0 aromatic carbocycles. The normalized spacial score (nSPS) is 41.2. The predicted octanol–water partition coefficient (Wildman–Crippen LogP) is 1.38. The zero-order valence-electron chi connectivity index (χ0n) is 8.38. The molecule has 0 saturated heterocycles. The van der Waals surface area contributed by atoms with E-state index in [9.17, 15) is 5.11 Å². The van der Waals surface area contributed by atoms with Crippen LogP contribution in [0.1, 0.15) is 33.6 Å². The molecule has 1 rings (SSSR count). The maximum Gasteiger partial charge on any atom is 0.0569 e. The third-order valence-electron chi connectivity index (χ3n) is 3.58. The van der Waals surface area contributed by atoms with Crippen molar-refractivity contribution in [2.24, 2.45) is 23.0 Å². The summed E-state index contributed by atoms with van der Waals surface area (Å²) in [5.41, 5.74) is 6.03. The first-order chi connectivity index (χ1) is 5.49. The van der Waals surface area contributed by atoms with E-state index >= 15 is 0 Å². The number of nitrogens with two attached hydrogens (primary N) is 1. The van der Waals surface area contributed by atoms with Crippen LogP contribution < -0.4 is 5.73 Å². The first-order valence-corrected chi connectivity index (χ1v) is 4.87. The Kier molecular flexibility index (Phi) is 2.79. The van der Waals surface area contributed by atoms with Gasteiger partial charge in [-0.3, -0.25) is 0 Å². The summed E-state index contributed by atoms with van der Waals surface area (Å²) < 4.78 is 0. The molecule has 0 bridgehead atoms. The van der Waals surface area contributed by atoms with E-state index < -0.39 is 0 Å². The van der Waals surface area contributed by atoms with E-state index in [0.29, 0.717) is 23.8 Å². The molecular weight excluding hydrogens is 150 g/mol. The Morgan fingerprint density at radius 1 is 1.50 bits per heavy atom. The van der Waals surface area contributed by atoms with Gasteiger partial charge >= 0.3 is 0 Å². The summed E-state index contributed by atoms with van der Waals surface area (Å²) in [5.74, 6) is 0.833. The molecule has 1 aliphatic carbocycles. The Labute approximate surface area is 75.2 Å². The molecule has 3 unspecified atom stereocenters. The third kappa shape index (κ3) is 1.64. The fraction of sp³-hybridized carbons (Fsp3) is 1.00. The second-order valence-electron chi connectivity index (χ2n) is 4.80. The van der Waals surface area contributed by atoms with Crippen LogP contribution in [-0.2, 0) is 0 Å². The SMILES string of the molecule is CC1C(O)CCC(C)(C)C1CN. The second-order valence-corrected chi connectivity index (χ2v) is 4.80. The summed E-state index contributed by atoms with van der Waals surface area (Å²) in [5, 5.41) is 9.66. The largest absolute Gasteiger partial charge is 0.393 e. The predicted molar refractivity (Wildman–Crippen MR) is 50.7 cm³/mol. The average molecular weight is 171 g/mol. The zero-order chi connectivity index (χ0) is 9.35. The van der Waals surface area contributed by atoms with Gasteiger partial charge in [0, 0.05) is 0 Å². The highest BCUT2D eigenvalue weighted by molar-refractivity contribution is 4.90. The monoisotopic (exact) mass is 171 g/mol. The van der Waals surface area contributed by atoms with Gasteiger partial charge in [0.1, 0.15) is 0 Å². The van der Waals surface area contributed by atoms with Gasteiger partial charge in [-0.05, 0) is 36.6 Å². The molecule has 2 nitrogen and oxygen atoms in total. The zero-order valence-corrected chi connectivity index (χ0v) is 8.38. The van der Waals surface area contributed by atoms with Crippen LogP contribution in [0.15, 0.2) is 0 Å². The average Bonchev–Trinajstić information content (AvgIpc) is 1.99. The van der Waals surface area contributed by atoms with Crippen molar-refractivity contribution in [3.63, 3.8) is 0 Å². The van der Waals surface area contributed by atoms with Crippen molar-refractivity contribution in [2.45, 2.75) is 39.7 Å². The van der Waals surface area contributed by atoms with Crippen LogP contribution in [0.4, 0.5) is 0 Å². The smallest absolute Gasteiger partial charge is 0.0569 e. The molecule has 0 aliphatic heterocycles. The van der Waals surface area contributed by atoms with E-state index in [1.165, 1.54) is 0 Å². The lowest BCUT2D eigenvalue weighted by Crippen LogP contribution is -2.44. The molecule has 0 aromatic rings. The molecule has 1 fully saturated rings. The molecule has 12 heavy (non-hydrogen) atoms. The minimum absolute atomic E-state index is 0.133. The Hall–Kier alpha value is -0.0800. The van der Waals surface area contributed by atoms with Gasteiger partial charge in [-0.2, -0.15) is 0 Å². The minimum Gasteiger partial charge on any atom is -0.393 e. The second kappa shape index (κ2) is 3.35. The number of rotatable bonds is 1. The molecule has 0 radical (unpaired) electrons. The highest BCUT2D eigenvalue weighted by Gasteiger charge is 2.39. The van der Waals surface area contributed by atoms with Gasteiger partial charge < -0.3 is 10.8 Å². The molecule has 72 valence electrons. The third-order valence-corrected chi connectivity index (χ3v) is 3.58. The lowest BCUT2D eigenvalue weighted by molar-refractivity contribution is -0.0207. The van der Waals surface area contributed by atoms with Crippen LogP contribution in [0.5, 0.6) is 0 Å². The maximum atomic E-state index is 9.66. The van der Waals surface area contributed by atoms with Crippen molar-refractivity contribution in [1.82, 2.24) is 0 Å². The number of hydrogen-bond donors (Lipinski definition) is 2. The van der Waals surface area contributed by atoms with Crippen molar-refractivity contribution in [3.05, 3.63) is 0 Å². The van der Waals surface area contributed by atoms with Gasteiger partial charge in [-0.15, -0.1) is 0 Å². The molecule has 1 saturated carbocycles. The van der Waals surface area contributed by atoms with E-state index in [1.54, 1.807) is 0 Å². The lowest BCUT2D eigenvalue weighted by Gasteiger charge is -2.44. The quantitative estimate of drug-likeness (QED) is 0.626. The van der Waals surface area contributed by atoms with E-state index in [2.05, 4.69) is 20.8 Å². The summed E-state index contributed by atoms with van der Waals surface area (Å²) >= 11 is 0. The van der Waals surface area contributed by atoms with Crippen LogP contribution in [-0.4, -0.2) is 17.8 Å². The minimum atomic E-state index is -0.133. The molecular formula is C10H21NO. The fourth-order valence-electron chi connectivity index (χ4n) is 2.48. The van der Waals surface area contributed by atoms with Crippen molar-refractivity contribution in [1.29, 1.82) is 0 Å². The number of aliphatic hydroxyl groups excluding tert-OH is 1. The van der Waals surface area contributed by atoms with Crippen molar-refractivity contribution >= 4 is 0 Å². The van der Waals surface area contributed by atoms with Gasteiger partial charge in [0.25, 0.3) is 0 Å². The first kappa shape index (κ1) is 10.0. The van der Waals surface area contributed by atoms with Crippen LogP contribution >= 0.6 is 0 Å².